The summed E-state index contributed by atoms with van der Waals surface area (Å²) < 4.78 is 10.3. The molecule has 0 saturated carbocycles. The highest BCUT2D eigenvalue weighted by atomic mass is 127. The summed E-state index contributed by atoms with van der Waals surface area (Å²) in [6.45, 7) is 2.39. The molecule has 0 aliphatic carbocycles. The lowest BCUT2D eigenvalue weighted by molar-refractivity contribution is -0.119. The molecule has 0 saturated heterocycles. The molecule has 8 heteroatoms. The number of rotatable bonds is 6. The van der Waals surface area contributed by atoms with Crippen molar-refractivity contribution in [3.8, 4) is 11.5 Å². The third-order valence-corrected chi connectivity index (χ3v) is 2.42. The summed E-state index contributed by atoms with van der Waals surface area (Å²) in [5.74, 6) is 1.18. The van der Waals surface area contributed by atoms with E-state index in [4.69, 9.17) is 15.2 Å². The van der Waals surface area contributed by atoms with Crippen molar-refractivity contribution in [2.45, 2.75) is 6.92 Å². The van der Waals surface area contributed by atoms with Crippen molar-refractivity contribution in [1.29, 1.82) is 0 Å². The molecule has 1 aromatic carbocycles. The van der Waals surface area contributed by atoms with Gasteiger partial charge in [0.2, 0.25) is 5.91 Å². The molecule has 0 aromatic heterocycles. The Bertz CT molecular complexity index is 494. The zero-order valence-electron chi connectivity index (χ0n) is 12.3. The highest BCUT2D eigenvalue weighted by Crippen LogP contribution is 2.29. The zero-order chi connectivity index (χ0) is 15.0. The second-order valence-electron chi connectivity index (χ2n) is 3.85. The van der Waals surface area contributed by atoms with Crippen LogP contribution in [0.3, 0.4) is 0 Å². The number of halogens is 1. The Labute approximate surface area is 141 Å². The monoisotopic (exact) mass is 408 g/mol. The number of guanidine groups is 1. The normalized spacial score (nSPS) is 10.3. The fourth-order valence-electron chi connectivity index (χ4n) is 1.51. The molecule has 0 heterocycles. The molecule has 0 bridgehead atoms. The van der Waals surface area contributed by atoms with E-state index in [9.17, 15) is 4.79 Å². The summed E-state index contributed by atoms with van der Waals surface area (Å²) >= 11 is 0. The van der Waals surface area contributed by atoms with Crippen molar-refractivity contribution in [1.82, 2.24) is 5.32 Å². The molecule has 1 rings (SSSR count). The van der Waals surface area contributed by atoms with E-state index in [0.717, 1.165) is 0 Å². The summed E-state index contributed by atoms with van der Waals surface area (Å²) in [4.78, 5) is 15.2. The molecule has 21 heavy (non-hydrogen) atoms. The van der Waals surface area contributed by atoms with Crippen LogP contribution < -0.4 is 25.8 Å². The van der Waals surface area contributed by atoms with Gasteiger partial charge < -0.3 is 25.8 Å². The van der Waals surface area contributed by atoms with E-state index < -0.39 is 0 Å². The smallest absolute Gasteiger partial charge is 0.241 e. The first kappa shape index (κ1) is 19.3. The molecule has 7 nitrogen and oxygen atoms in total. The molecule has 4 N–H and O–H groups in total. The number of nitrogens with two attached hydrogens (primary N) is 1. The van der Waals surface area contributed by atoms with Crippen molar-refractivity contribution in [2.24, 2.45) is 10.7 Å². The van der Waals surface area contributed by atoms with Crippen molar-refractivity contribution in [2.75, 3.05) is 32.6 Å². The zero-order valence-corrected chi connectivity index (χ0v) is 14.6. The van der Waals surface area contributed by atoms with Crippen molar-refractivity contribution in [3.05, 3.63) is 18.2 Å². The maximum Gasteiger partial charge on any atom is 0.241 e. The third-order valence-electron chi connectivity index (χ3n) is 2.42. The summed E-state index contributed by atoms with van der Waals surface area (Å²) in [5, 5.41) is 5.51. The Hall–Kier alpha value is -1.71. The second-order valence-corrected chi connectivity index (χ2v) is 3.85. The molecule has 118 valence electrons. The average Bonchev–Trinajstić information content (AvgIpc) is 2.45. The van der Waals surface area contributed by atoms with Gasteiger partial charge in [0.1, 0.15) is 6.54 Å². The predicted molar refractivity (Wildman–Crippen MR) is 93.8 cm³/mol. The largest absolute Gasteiger partial charge is 0.493 e. The topological polar surface area (TPSA) is 98.0 Å². The van der Waals surface area contributed by atoms with E-state index in [1.165, 1.54) is 0 Å². The Morgan fingerprint density at radius 1 is 1.29 bits per heavy atom. The van der Waals surface area contributed by atoms with Crippen LogP contribution >= 0.6 is 24.0 Å². The van der Waals surface area contributed by atoms with Crippen LogP contribution in [0, 0.1) is 0 Å². The number of anilines is 1. The molecule has 0 unspecified atom stereocenters. The molecular formula is C13H21IN4O3. The summed E-state index contributed by atoms with van der Waals surface area (Å²) in [6, 6.07) is 5.25. The molecule has 1 amide bonds. The standard InChI is InChI=1S/C13H20N4O3.HI/c1-4-15-12(18)8-16-13(14)17-9-5-6-10(19-2)11(7-9)20-3;/h5-7H,4,8H2,1-3H3,(H,15,18)(H3,14,16,17);1H. The molecule has 0 aliphatic heterocycles. The lowest BCUT2D eigenvalue weighted by atomic mass is 10.3. The average molecular weight is 408 g/mol. The van der Waals surface area contributed by atoms with E-state index in [1.54, 1.807) is 32.4 Å². The Kier molecular flexibility index (Phi) is 9.26. The molecule has 1 aromatic rings. The number of benzene rings is 1. The van der Waals surface area contributed by atoms with Gasteiger partial charge in [0.15, 0.2) is 17.5 Å². The first-order valence-electron chi connectivity index (χ1n) is 6.16. The molecule has 0 atom stereocenters. The minimum absolute atomic E-state index is 0. The van der Waals surface area contributed by atoms with Gasteiger partial charge in [0.05, 0.1) is 14.2 Å². The molecule has 0 aliphatic rings. The number of carbonyl (C=O) groups excluding carboxylic acids is 1. The Morgan fingerprint density at radius 3 is 2.52 bits per heavy atom. The number of nitrogens with one attached hydrogen (secondary N) is 2. The first-order valence-corrected chi connectivity index (χ1v) is 6.16. The van der Waals surface area contributed by atoms with Gasteiger partial charge in [-0.05, 0) is 19.1 Å². The molecule has 0 radical (unpaired) electrons. The van der Waals surface area contributed by atoms with Crippen LogP contribution in [0.1, 0.15) is 6.92 Å². The number of hydrogen-bond acceptors (Lipinski definition) is 4. The van der Waals surface area contributed by atoms with E-state index in [-0.39, 0.29) is 42.4 Å². The van der Waals surface area contributed by atoms with Gasteiger partial charge in [0.25, 0.3) is 0 Å². The lowest BCUT2D eigenvalue weighted by Crippen LogP contribution is -2.28. The van der Waals surface area contributed by atoms with Gasteiger partial charge in [-0.1, -0.05) is 0 Å². The van der Waals surface area contributed by atoms with Crippen LogP contribution in [0.2, 0.25) is 0 Å². The van der Waals surface area contributed by atoms with Crippen LogP contribution in [-0.4, -0.2) is 39.2 Å². The summed E-state index contributed by atoms with van der Waals surface area (Å²) in [5.41, 5.74) is 6.39. The maximum atomic E-state index is 11.2. The molecular weight excluding hydrogens is 387 g/mol. The van der Waals surface area contributed by atoms with Gasteiger partial charge in [-0.3, -0.25) is 4.79 Å². The number of nitrogens with zero attached hydrogens (tertiary/aromatic N) is 1. The van der Waals surface area contributed by atoms with Crippen LogP contribution in [0.5, 0.6) is 11.5 Å². The van der Waals surface area contributed by atoms with Crippen molar-refractivity contribution < 1.29 is 14.3 Å². The van der Waals surface area contributed by atoms with Crippen LogP contribution in [-0.2, 0) is 4.79 Å². The fraction of sp³-hybridized carbons (Fsp3) is 0.385. The first-order chi connectivity index (χ1) is 9.60. The number of aliphatic imine (C=N–C) groups is 1. The van der Waals surface area contributed by atoms with Crippen LogP contribution in [0.15, 0.2) is 23.2 Å². The van der Waals surface area contributed by atoms with Gasteiger partial charge >= 0.3 is 0 Å². The number of carbonyl (C=O) groups is 1. The summed E-state index contributed by atoms with van der Waals surface area (Å²) in [6.07, 6.45) is 0. The van der Waals surface area contributed by atoms with Gasteiger partial charge in [-0.15, -0.1) is 24.0 Å². The van der Waals surface area contributed by atoms with E-state index in [2.05, 4.69) is 15.6 Å². The minimum atomic E-state index is -0.176. The fourth-order valence-corrected chi connectivity index (χ4v) is 1.51. The molecule has 0 spiro atoms. The van der Waals surface area contributed by atoms with E-state index >= 15 is 0 Å². The predicted octanol–water partition coefficient (Wildman–Crippen LogP) is 1.18. The Balaban J connectivity index is 0.00000400. The number of hydrogen-bond donors (Lipinski definition) is 3. The molecule has 0 fully saturated rings. The quantitative estimate of drug-likeness (QED) is 0.373. The van der Waals surface area contributed by atoms with E-state index in [1.807, 2.05) is 6.92 Å². The maximum absolute atomic E-state index is 11.2. The number of ether oxygens (including phenoxy) is 2. The van der Waals surface area contributed by atoms with Crippen molar-refractivity contribution >= 4 is 41.5 Å². The van der Waals surface area contributed by atoms with Crippen molar-refractivity contribution in [3.63, 3.8) is 0 Å². The van der Waals surface area contributed by atoms with Crippen LogP contribution in [0.25, 0.3) is 0 Å². The van der Waals surface area contributed by atoms with Gasteiger partial charge in [-0.2, -0.15) is 0 Å². The highest BCUT2D eigenvalue weighted by Gasteiger charge is 2.05. The SMILES string of the molecule is CCNC(=O)CN=C(N)Nc1ccc(OC)c(OC)c1.I. The minimum Gasteiger partial charge on any atom is -0.493 e. The number of methoxy groups -OCH3 is 2. The van der Waals surface area contributed by atoms with E-state index in [0.29, 0.717) is 23.7 Å². The lowest BCUT2D eigenvalue weighted by Gasteiger charge is -2.10. The number of likely N-dealkylation sites (N-methyl/N-ethyl adjacent to an activating group) is 1. The number of amides is 1. The highest BCUT2D eigenvalue weighted by molar-refractivity contribution is 14.0. The third kappa shape index (κ3) is 6.52. The van der Waals surface area contributed by atoms with Crippen LogP contribution in [0.4, 0.5) is 5.69 Å². The Morgan fingerprint density at radius 2 is 1.95 bits per heavy atom. The summed E-state index contributed by atoms with van der Waals surface area (Å²) in [7, 11) is 3.11. The van der Waals surface area contributed by atoms with Gasteiger partial charge in [-0.25, -0.2) is 4.99 Å². The van der Waals surface area contributed by atoms with Gasteiger partial charge in [0, 0.05) is 18.3 Å². The second kappa shape index (κ2) is 10.1.